The number of carbonyl (C=O) groups excluding carboxylic acids is 3. The molecule has 0 aromatic heterocycles. The molecule has 154 valence electrons. The molecule has 0 aliphatic heterocycles. The van der Waals surface area contributed by atoms with Crippen molar-refractivity contribution in [3.63, 3.8) is 0 Å². The summed E-state index contributed by atoms with van der Waals surface area (Å²) in [4.78, 5) is 33.8. The Kier molecular flexibility index (Phi) is 7.46. The highest BCUT2D eigenvalue weighted by molar-refractivity contribution is 7.89. The Balaban J connectivity index is 1.87. The fourth-order valence-electron chi connectivity index (χ4n) is 2.20. The summed E-state index contributed by atoms with van der Waals surface area (Å²) in [6.07, 6.45) is 0. The van der Waals surface area contributed by atoms with Crippen molar-refractivity contribution in [3.05, 3.63) is 59.7 Å². The predicted octanol–water partition coefficient (Wildman–Crippen LogP) is 0.775. The Morgan fingerprint density at radius 1 is 1.07 bits per heavy atom. The van der Waals surface area contributed by atoms with Crippen molar-refractivity contribution in [2.45, 2.75) is 18.4 Å². The third kappa shape index (κ3) is 7.01. The van der Waals surface area contributed by atoms with Crippen LogP contribution in [0.5, 0.6) is 5.75 Å². The molecule has 0 bridgehead atoms. The van der Waals surface area contributed by atoms with Gasteiger partial charge in [0.25, 0.3) is 5.91 Å². The monoisotopic (exact) mass is 420 g/mol. The summed E-state index contributed by atoms with van der Waals surface area (Å²) in [7, 11) is -3.93. The molecule has 0 fully saturated rings. The van der Waals surface area contributed by atoms with Crippen molar-refractivity contribution in [3.8, 4) is 5.75 Å². The molecular formula is C19H20N2O7S. The molecule has 0 heterocycles. The zero-order valence-corrected chi connectivity index (χ0v) is 16.4. The maximum atomic E-state index is 12.2. The van der Waals surface area contributed by atoms with Crippen LogP contribution in [0.15, 0.2) is 53.4 Å². The van der Waals surface area contributed by atoms with Gasteiger partial charge in [-0.2, -0.15) is 4.72 Å². The Labute approximate surface area is 167 Å². The lowest BCUT2D eigenvalue weighted by Crippen LogP contribution is -2.30. The zero-order chi connectivity index (χ0) is 21.4. The number of ether oxygens (including phenoxy) is 2. The summed E-state index contributed by atoms with van der Waals surface area (Å²) in [5.41, 5.74) is 5.97. The van der Waals surface area contributed by atoms with Crippen LogP contribution < -0.4 is 15.2 Å². The number of nitrogens with two attached hydrogens (primary N) is 1. The Hall–Kier alpha value is -3.24. The first kappa shape index (κ1) is 22.1. The standard InChI is InChI=1S/C19H20N2O7S/c1-13(22)15-5-7-17(8-6-15)29(25,26)21-10-19(24)28-11-14-3-2-4-16(9-14)27-12-18(20)23/h2-9,21H,10-12H2,1H3,(H2,20,23). The van der Waals surface area contributed by atoms with Crippen LogP contribution in [0.4, 0.5) is 0 Å². The van der Waals surface area contributed by atoms with E-state index in [2.05, 4.69) is 4.72 Å². The van der Waals surface area contributed by atoms with Crippen LogP contribution in [0.3, 0.4) is 0 Å². The van der Waals surface area contributed by atoms with Gasteiger partial charge in [0.2, 0.25) is 10.0 Å². The quantitative estimate of drug-likeness (QED) is 0.427. The second kappa shape index (κ2) is 9.80. The molecule has 2 rings (SSSR count). The van der Waals surface area contributed by atoms with Gasteiger partial charge in [-0.25, -0.2) is 8.42 Å². The highest BCUT2D eigenvalue weighted by Gasteiger charge is 2.16. The molecule has 0 radical (unpaired) electrons. The van der Waals surface area contributed by atoms with E-state index < -0.39 is 28.4 Å². The van der Waals surface area contributed by atoms with Crippen molar-refractivity contribution >= 4 is 27.7 Å². The number of amides is 1. The van der Waals surface area contributed by atoms with Gasteiger partial charge in [-0.1, -0.05) is 24.3 Å². The minimum atomic E-state index is -3.93. The van der Waals surface area contributed by atoms with E-state index in [9.17, 15) is 22.8 Å². The zero-order valence-electron chi connectivity index (χ0n) is 15.6. The number of hydrogen-bond donors (Lipinski definition) is 2. The Bertz CT molecular complexity index is 1000. The number of hydrogen-bond acceptors (Lipinski definition) is 7. The molecule has 3 N–H and O–H groups in total. The van der Waals surface area contributed by atoms with Gasteiger partial charge in [-0.15, -0.1) is 0 Å². The Morgan fingerprint density at radius 3 is 2.38 bits per heavy atom. The topological polar surface area (TPSA) is 142 Å². The van der Waals surface area contributed by atoms with Gasteiger partial charge >= 0.3 is 5.97 Å². The van der Waals surface area contributed by atoms with E-state index in [-0.39, 0.29) is 23.9 Å². The third-order valence-electron chi connectivity index (χ3n) is 3.66. The summed E-state index contributed by atoms with van der Waals surface area (Å²) < 4.78 is 36.7. The van der Waals surface area contributed by atoms with E-state index in [1.54, 1.807) is 24.3 Å². The number of carbonyl (C=O) groups is 3. The third-order valence-corrected chi connectivity index (χ3v) is 5.07. The maximum Gasteiger partial charge on any atom is 0.321 e. The summed E-state index contributed by atoms with van der Waals surface area (Å²) in [6.45, 7) is 0.423. The summed E-state index contributed by atoms with van der Waals surface area (Å²) >= 11 is 0. The van der Waals surface area contributed by atoms with E-state index in [0.717, 1.165) is 0 Å². The van der Waals surface area contributed by atoms with Crippen LogP contribution in [0.1, 0.15) is 22.8 Å². The average molecular weight is 420 g/mol. The molecule has 0 saturated carbocycles. The fourth-order valence-corrected chi connectivity index (χ4v) is 3.17. The highest BCUT2D eigenvalue weighted by atomic mass is 32.2. The molecule has 0 aliphatic carbocycles. The average Bonchev–Trinajstić information content (AvgIpc) is 2.69. The van der Waals surface area contributed by atoms with E-state index >= 15 is 0 Å². The lowest BCUT2D eigenvalue weighted by atomic mass is 10.2. The molecule has 10 heteroatoms. The Morgan fingerprint density at radius 2 is 1.76 bits per heavy atom. The molecule has 2 aromatic rings. The van der Waals surface area contributed by atoms with Crippen LogP contribution in [0.2, 0.25) is 0 Å². The van der Waals surface area contributed by atoms with Gasteiger partial charge in [0.15, 0.2) is 12.4 Å². The molecule has 0 saturated heterocycles. The second-order valence-corrected chi connectivity index (χ2v) is 7.74. The lowest BCUT2D eigenvalue weighted by molar-refractivity contribution is -0.143. The lowest BCUT2D eigenvalue weighted by Gasteiger charge is -2.09. The SMILES string of the molecule is CC(=O)c1ccc(S(=O)(=O)NCC(=O)OCc2cccc(OCC(N)=O)c2)cc1. The van der Waals surface area contributed by atoms with Crippen LogP contribution in [0.25, 0.3) is 0 Å². The molecular weight excluding hydrogens is 400 g/mol. The normalized spacial score (nSPS) is 10.9. The van der Waals surface area contributed by atoms with Gasteiger partial charge in [0.05, 0.1) is 4.90 Å². The van der Waals surface area contributed by atoms with Gasteiger partial charge in [-0.05, 0) is 36.8 Å². The first-order valence-electron chi connectivity index (χ1n) is 8.44. The second-order valence-electron chi connectivity index (χ2n) is 5.97. The predicted molar refractivity (Wildman–Crippen MR) is 103 cm³/mol. The molecule has 1 amide bonds. The van der Waals surface area contributed by atoms with Gasteiger partial charge in [-0.3, -0.25) is 14.4 Å². The number of benzene rings is 2. The minimum absolute atomic E-state index is 0.0744. The van der Waals surface area contributed by atoms with Gasteiger partial charge in [0, 0.05) is 5.56 Å². The molecule has 0 spiro atoms. The number of esters is 1. The smallest absolute Gasteiger partial charge is 0.321 e. The number of nitrogens with one attached hydrogen (secondary N) is 1. The van der Waals surface area contributed by atoms with Crippen molar-refractivity contribution < 1.29 is 32.3 Å². The summed E-state index contributed by atoms with van der Waals surface area (Å²) in [5.74, 6) is -1.20. The molecule has 0 aliphatic rings. The number of Topliss-reactive ketones (excluding diaryl/α,β-unsaturated/α-hetero) is 1. The van der Waals surface area contributed by atoms with Crippen LogP contribution in [-0.4, -0.2) is 39.2 Å². The first-order chi connectivity index (χ1) is 13.7. The van der Waals surface area contributed by atoms with E-state index in [4.69, 9.17) is 15.2 Å². The van der Waals surface area contributed by atoms with Crippen molar-refractivity contribution in [1.82, 2.24) is 4.72 Å². The number of ketones is 1. The molecule has 0 unspecified atom stereocenters. The van der Waals surface area contributed by atoms with Crippen LogP contribution in [-0.2, 0) is 31.0 Å². The molecule has 2 aromatic carbocycles. The van der Waals surface area contributed by atoms with Crippen LogP contribution in [0, 0.1) is 0 Å². The van der Waals surface area contributed by atoms with E-state index in [1.165, 1.54) is 31.2 Å². The van der Waals surface area contributed by atoms with E-state index in [1.807, 2.05) is 0 Å². The molecule has 0 atom stereocenters. The largest absolute Gasteiger partial charge is 0.484 e. The minimum Gasteiger partial charge on any atom is -0.484 e. The fraction of sp³-hybridized carbons (Fsp3) is 0.211. The first-order valence-corrected chi connectivity index (χ1v) is 9.92. The summed E-state index contributed by atoms with van der Waals surface area (Å²) in [6, 6.07) is 11.8. The number of rotatable bonds is 10. The van der Waals surface area contributed by atoms with Crippen molar-refractivity contribution in [2.75, 3.05) is 13.2 Å². The van der Waals surface area contributed by atoms with E-state index in [0.29, 0.717) is 16.9 Å². The van der Waals surface area contributed by atoms with Crippen molar-refractivity contribution in [2.24, 2.45) is 5.73 Å². The van der Waals surface area contributed by atoms with Gasteiger partial charge < -0.3 is 15.2 Å². The van der Waals surface area contributed by atoms with Crippen molar-refractivity contribution in [1.29, 1.82) is 0 Å². The van der Waals surface area contributed by atoms with Gasteiger partial charge in [0.1, 0.15) is 18.9 Å². The maximum absolute atomic E-state index is 12.2. The molecule has 9 nitrogen and oxygen atoms in total. The number of primary amides is 1. The van der Waals surface area contributed by atoms with Crippen LogP contribution >= 0.6 is 0 Å². The summed E-state index contributed by atoms with van der Waals surface area (Å²) in [5, 5.41) is 0. The number of sulfonamides is 1. The molecule has 29 heavy (non-hydrogen) atoms. The highest BCUT2D eigenvalue weighted by Crippen LogP contribution is 2.14.